The first-order valence-electron chi connectivity index (χ1n) is 9.66. The van der Waals surface area contributed by atoms with Crippen molar-refractivity contribution >= 4 is 17.6 Å². The molecular weight excluding hydrogens is 455 g/mol. The Hall–Kier alpha value is -4.66. The van der Waals surface area contributed by atoms with Crippen molar-refractivity contribution < 1.29 is 32.7 Å². The summed E-state index contributed by atoms with van der Waals surface area (Å²) in [7, 11) is 0. The van der Waals surface area contributed by atoms with Crippen molar-refractivity contribution in [3.05, 3.63) is 71.5 Å². The average molecular weight is 471 g/mol. The molecule has 3 aromatic rings. The number of oxime groups is 1. The summed E-state index contributed by atoms with van der Waals surface area (Å²) in [6.07, 6.45) is -2.73. The number of nitriles is 1. The highest BCUT2D eigenvalue weighted by Crippen LogP contribution is 2.26. The van der Waals surface area contributed by atoms with Crippen molar-refractivity contribution in [2.45, 2.75) is 12.6 Å². The predicted octanol–water partition coefficient (Wildman–Crippen LogP) is 3.30. The van der Waals surface area contributed by atoms with Gasteiger partial charge in [-0.1, -0.05) is 35.5 Å². The molecule has 0 unspecified atom stereocenters. The number of carboxylic acids is 1. The van der Waals surface area contributed by atoms with Crippen LogP contribution in [0.25, 0.3) is 11.3 Å². The number of carbonyl (C=O) groups is 2. The number of halogens is 3. The first-order valence-corrected chi connectivity index (χ1v) is 9.66. The highest BCUT2D eigenvalue weighted by molar-refractivity contribution is 6.11. The number of fused-ring (bicyclic) bond motifs is 1. The first-order chi connectivity index (χ1) is 16.2. The van der Waals surface area contributed by atoms with E-state index in [0.29, 0.717) is 17.7 Å². The summed E-state index contributed by atoms with van der Waals surface area (Å²) in [5.41, 5.74) is 4.02. The lowest BCUT2D eigenvalue weighted by Gasteiger charge is -2.10. The molecule has 1 aliphatic rings. The number of rotatable bonds is 4. The Morgan fingerprint density at radius 3 is 2.53 bits per heavy atom. The van der Waals surface area contributed by atoms with E-state index in [1.165, 1.54) is 0 Å². The third-order valence-electron chi connectivity index (χ3n) is 4.48. The SMILES string of the molecule is N#C/C(=N\Oc1cc(-c2cc3c([nH]2)CCNC3=O)ccn1)c1ccccc1.O=C(O)C(F)(F)F. The zero-order chi connectivity index (χ0) is 24.7. The zero-order valence-corrected chi connectivity index (χ0v) is 17.3. The number of carboxylic acid groups (broad SMARTS) is 1. The van der Waals surface area contributed by atoms with Crippen molar-refractivity contribution in [3.63, 3.8) is 0 Å². The molecule has 0 atom stereocenters. The minimum Gasteiger partial charge on any atom is -0.475 e. The van der Waals surface area contributed by atoms with Gasteiger partial charge in [-0.05, 0) is 12.1 Å². The van der Waals surface area contributed by atoms with Gasteiger partial charge in [0.25, 0.3) is 5.91 Å². The molecule has 0 radical (unpaired) electrons. The zero-order valence-electron chi connectivity index (χ0n) is 17.3. The summed E-state index contributed by atoms with van der Waals surface area (Å²) >= 11 is 0. The van der Waals surface area contributed by atoms with Crippen molar-refractivity contribution in [2.75, 3.05) is 6.54 Å². The van der Waals surface area contributed by atoms with Gasteiger partial charge in [-0.2, -0.15) is 18.4 Å². The number of aromatic amines is 1. The molecule has 0 spiro atoms. The van der Waals surface area contributed by atoms with E-state index in [0.717, 1.165) is 23.4 Å². The normalized spacial score (nSPS) is 13.0. The van der Waals surface area contributed by atoms with Gasteiger partial charge in [0.05, 0.1) is 5.56 Å². The number of H-pyrrole nitrogens is 1. The van der Waals surface area contributed by atoms with Crippen LogP contribution in [0.4, 0.5) is 13.2 Å². The Morgan fingerprint density at radius 2 is 1.91 bits per heavy atom. The van der Waals surface area contributed by atoms with Crippen LogP contribution in [0.15, 0.2) is 59.9 Å². The van der Waals surface area contributed by atoms with Crippen molar-refractivity contribution in [3.8, 4) is 23.2 Å². The molecule has 0 bridgehead atoms. The number of hydrogen-bond acceptors (Lipinski definition) is 6. The maximum Gasteiger partial charge on any atom is 0.490 e. The Balaban J connectivity index is 0.000000406. The minimum absolute atomic E-state index is 0.0737. The van der Waals surface area contributed by atoms with Crippen LogP contribution in [0.3, 0.4) is 0 Å². The van der Waals surface area contributed by atoms with E-state index in [9.17, 15) is 23.2 Å². The van der Waals surface area contributed by atoms with E-state index >= 15 is 0 Å². The monoisotopic (exact) mass is 471 g/mol. The van der Waals surface area contributed by atoms with Gasteiger partial charge in [0.1, 0.15) is 6.07 Å². The molecule has 174 valence electrons. The first kappa shape index (κ1) is 24.0. The van der Waals surface area contributed by atoms with Crippen LogP contribution < -0.4 is 10.2 Å². The Bertz CT molecular complexity index is 1260. The Kier molecular flexibility index (Phi) is 7.27. The predicted molar refractivity (Wildman–Crippen MR) is 113 cm³/mol. The molecule has 0 saturated heterocycles. The number of benzene rings is 1. The minimum atomic E-state index is -5.08. The second-order valence-corrected chi connectivity index (χ2v) is 6.78. The smallest absolute Gasteiger partial charge is 0.475 e. The number of nitrogens with zero attached hydrogens (tertiary/aromatic N) is 3. The number of hydrogen-bond donors (Lipinski definition) is 3. The lowest BCUT2D eigenvalue weighted by atomic mass is 10.1. The molecule has 1 amide bonds. The average Bonchev–Trinajstić information content (AvgIpc) is 3.26. The van der Waals surface area contributed by atoms with Crippen LogP contribution in [0.5, 0.6) is 5.88 Å². The summed E-state index contributed by atoms with van der Waals surface area (Å²) in [6, 6.07) is 16.4. The van der Waals surface area contributed by atoms with E-state index in [2.05, 4.69) is 20.4 Å². The molecule has 9 nitrogen and oxygen atoms in total. The quantitative estimate of drug-likeness (QED) is 0.394. The standard InChI is InChI=1S/C20H15N5O2.C2HF3O2/c21-12-18(13-4-2-1-3-5-13)25-27-19-10-14(6-8-22-19)17-11-15-16(24-17)7-9-23-20(15)26;3-2(4,5)1(6)7/h1-6,8,10-11,24H,7,9H2,(H,23,26);(H,6,7)/b25-18+;. The fourth-order valence-corrected chi connectivity index (χ4v) is 2.90. The van der Waals surface area contributed by atoms with Gasteiger partial charge in [-0.25, -0.2) is 9.78 Å². The summed E-state index contributed by atoms with van der Waals surface area (Å²) < 4.78 is 31.7. The van der Waals surface area contributed by atoms with Crippen LogP contribution in [-0.4, -0.2) is 45.4 Å². The third kappa shape index (κ3) is 5.98. The number of amides is 1. The molecule has 12 heteroatoms. The topological polar surface area (TPSA) is 140 Å². The second-order valence-electron chi connectivity index (χ2n) is 6.78. The lowest BCUT2D eigenvalue weighted by molar-refractivity contribution is -0.192. The maximum absolute atomic E-state index is 11.9. The van der Waals surface area contributed by atoms with Crippen molar-refractivity contribution in [2.24, 2.45) is 5.16 Å². The lowest BCUT2D eigenvalue weighted by Crippen LogP contribution is -2.31. The molecular formula is C22H16F3N5O4. The van der Waals surface area contributed by atoms with Crippen LogP contribution in [0.1, 0.15) is 21.6 Å². The molecule has 34 heavy (non-hydrogen) atoms. The Morgan fingerprint density at radius 1 is 1.21 bits per heavy atom. The van der Waals surface area contributed by atoms with E-state index in [-0.39, 0.29) is 17.5 Å². The number of carbonyl (C=O) groups excluding carboxylic acids is 1. The van der Waals surface area contributed by atoms with Crippen LogP contribution >= 0.6 is 0 Å². The highest BCUT2D eigenvalue weighted by atomic mass is 19.4. The van der Waals surface area contributed by atoms with Crippen molar-refractivity contribution in [1.82, 2.24) is 15.3 Å². The molecule has 0 saturated carbocycles. The van der Waals surface area contributed by atoms with Gasteiger partial charge < -0.3 is 20.2 Å². The fraction of sp³-hybridized carbons (Fsp3) is 0.136. The van der Waals surface area contributed by atoms with Crippen LogP contribution in [0.2, 0.25) is 0 Å². The molecule has 0 fully saturated rings. The fourth-order valence-electron chi connectivity index (χ4n) is 2.90. The van der Waals surface area contributed by atoms with Gasteiger partial charge in [-0.15, -0.1) is 0 Å². The summed E-state index contributed by atoms with van der Waals surface area (Å²) in [4.78, 5) is 33.6. The van der Waals surface area contributed by atoms with Crippen molar-refractivity contribution in [1.29, 1.82) is 5.26 Å². The van der Waals surface area contributed by atoms with Gasteiger partial charge in [0.2, 0.25) is 5.88 Å². The Labute approximate surface area is 190 Å². The summed E-state index contributed by atoms with van der Waals surface area (Å²) in [5.74, 6) is -2.57. The van der Waals surface area contributed by atoms with Crippen LogP contribution in [0, 0.1) is 11.3 Å². The number of aromatic nitrogens is 2. The molecule has 0 aliphatic carbocycles. The number of nitrogens with one attached hydrogen (secondary N) is 2. The molecule has 1 aromatic carbocycles. The van der Waals surface area contributed by atoms with E-state index in [4.69, 9.17) is 14.7 Å². The maximum atomic E-state index is 11.9. The van der Waals surface area contributed by atoms with Gasteiger partial charge >= 0.3 is 12.1 Å². The number of alkyl halides is 3. The van der Waals surface area contributed by atoms with Crippen LogP contribution in [-0.2, 0) is 11.2 Å². The molecule has 4 rings (SSSR count). The van der Waals surface area contributed by atoms with E-state index < -0.39 is 12.1 Å². The largest absolute Gasteiger partial charge is 0.490 e. The summed E-state index contributed by atoms with van der Waals surface area (Å²) in [5, 5.41) is 23.1. The molecule has 3 heterocycles. The number of pyridine rings is 1. The van der Waals surface area contributed by atoms with Gasteiger partial charge in [-0.3, -0.25) is 4.79 Å². The second kappa shape index (κ2) is 10.3. The van der Waals surface area contributed by atoms with Gasteiger partial charge in [0.15, 0.2) is 5.71 Å². The highest BCUT2D eigenvalue weighted by Gasteiger charge is 2.38. The van der Waals surface area contributed by atoms with E-state index in [1.54, 1.807) is 24.4 Å². The molecule has 3 N–H and O–H groups in total. The molecule has 2 aromatic heterocycles. The van der Waals surface area contributed by atoms with Gasteiger partial charge in [0, 0.05) is 47.7 Å². The molecule has 1 aliphatic heterocycles. The third-order valence-corrected chi connectivity index (χ3v) is 4.48. The number of aliphatic carboxylic acids is 1. The van der Waals surface area contributed by atoms with E-state index in [1.807, 2.05) is 36.4 Å². The summed E-state index contributed by atoms with van der Waals surface area (Å²) in [6.45, 7) is 0.627.